The number of hydrogen-bond acceptors (Lipinski definition) is 4. The summed E-state index contributed by atoms with van der Waals surface area (Å²) in [6.07, 6.45) is 4.77. The molecule has 2 amide bonds. The lowest BCUT2D eigenvalue weighted by Gasteiger charge is -2.38. The highest BCUT2D eigenvalue weighted by Crippen LogP contribution is 2.41. The monoisotopic (exact) mass is 500 g/mol. The molecule has 1 aliphatic heterocycles. The average molecular weight is 501 g/mol. The molecule has 6 nitrogen and oxygen atoms in total. The Morgan fingerprint density at radius 2 is 1.32 bits per heavy atom. The van der Waals surface area contributed by atoms with E-state index in [-0.39, 0.29) is 18.4 Å². The third-order valence-corrected chi connectivity index (χ3v) is 7.65. The second-order valence-corrected chi connectivity index (χ2v) is 10.1. The second kappa shape index (κ2) is 11.9. The zero-order valence-corrected chi connectivity index (χ0v) is 21.1. The van der Waals surface area contributed by atoms with Crippen LogP contribution in [0, 0.1) is 5.92 Å². The molecule has 5 rings (SSSR count). The summed E-state index contributed by atoms with van der Waals surface area (Å²) in [7, 11) is 0. The number of nitrogens with one attached hydrogen (secondary N) is 2. The number of carbonyl (C=O) groups is 1. The van der Waals surface area contributed by atoms with Gasteiger partial charge in [0, 0.05) is 12.5 Å². The Hall–Kier alpha value is -3.19. The first-order valence-electron chi connectivity index (χ1n) is 13.3. The molecule has 6 heteroatoms. The van der Waals surface area contributed by atoms with Crippen molar-refractivity contribution in [2.45, 2.75) is 56.1 Å². The van der Waals surface area contributed by atoms with Crippen LogP contribution >= 0.6 is 0 Å². The van der Waals surface area contributed by atoms with Crippen LogP contribution in [-0.4, -0.2) is 36.7 Å². The summed E-state index contributed by atoms with van der Waals surface area (Å²) in [5.41, 5.74) is 0.785. The molecule has 37 heavy (non-hydrogen) atoms. The summed E-state index contributed by atoms with van der Waals surface area (Å²) < 4.78 is 11.2. The van der Waals surface area contributed by atoms with Crippen molar-refractivity contribution in [3.8, 4) is 0 Å². The number of hydrogen-bond donors (Lipinski definition) is 3. The van der Waals surface area contributed by atoms with Crippen LogP contribution in [0.5, 0.6) is 0 Å². The lowest BCUT2D eigenvalue weighted by atomic mass is 9.77. The van der Waals surface area contributed by atoms with Crippen molar-refractivity contribution in [2.75, 3.05) is 13.2 Å². The summed E-state index contributed by atoms with van der Waals surface area (Å²) in [5, 5.41) is 18.8. The van der Waals surface area contributed by atoms with Gasteiger partial charge in [-0.15, -0.1) is 0 Å². The van der Waals surface area contributed by atoms with Gasteiger partial charge in [0.05, 0.1) is 19.3 Å². The van der Waals surface area contributed by atoms with Crippen LogP contribution in [0.25, 0.3) is 0 Å². The van der Waals surface area contributed by atoms with Gasteiger partial charge in [0.1, 0.15) is 5.60 Å². The van der Waals surface area contributed by atoms with E-state index < -0.39 is 11.6 Å². The minimum Gasteiger partial charge on any atom is -0.378 e. The van der Waals surface area contributed by atoms with Crippen LogP contribution in [0.2, 0.25) is 0 Å². The number of carbonyl (C=O) groups excluding carboxylic acids is 1. The standard InChI is InChI=1S/C31H36N2O4/c34-30(32-27-18-16-23(17-19-27)22-28-36-20-21-37-28)33-29(24-10-4-1-5-11-24)31(35,25-12-6-2-7-13-25)26-14-8-3-9-15-26/h1-15,23,27-29,35H,16-22H2,(H2,32,33,34)/t23-,27-,29-/m0/s1. The van der Waals surface area contributed by atoms with E-state index in [0.29, 0.717) is 30.3 Å². The zero-order valence-electron chi connectivity index (χ0n) is 21.1. The van der Waals surface area contributed by atoms with Crippen molar-refractivity contribution in [2.24, 2.45) is 5.92 Å². The van der Waals surface area contributed by atoms with E-state index in [1.165, 1.54) is 0 Å². The van der Waals surface area contributed by atoms with Gasteiger partial charge in [0.25, 0.3) is 0 Å². The summed E-state index contributed by atoms with van der Waals surface area (Å²) in [6.45, 7) is 1.37. The van der Waals surface area contributed by atoms with Gasteiger partial charge in [-0.2, -0.15) is 0 Å². The third-order valence-electron chi connectivity index (χ3n) is 7.65. The first kappa shape index (κ1) is 25.5. The molecule has 1 aliphatic carbocycles. The summed E-state index contributed by atoms with van der Waals surface area (Å²) in [4.78, 5) is 13.4. The smallest absolute Gasteiger partial charge is 0.315 e. The molecular weight excluding hydrogens is 464 g/mol. The van der Waals surface area contributed by atoms with Gasteiger partial charge in [-0.1, -0.05) is 91.0 Å². The molecule has 3 aromatic rings. The minimum atomic E-state index is -1.47. The van der Waals surface area contributed by atoms with E-state index in [4.69, 9.17) is 9.47 Å². The lowest BCUT2D eigenvalue weighted by Crippen LogP contribution is -2.50. The number of aliphatic hydroxyl groups is 1. The van der Waals surface area contributed by atoms with Crippen LogP contribution in [-0.2, 0) is 15.1 Å². The maximum atomic E-state index is 13.4. The lowest BCUT2D eigenvalue weighted by molar-refractivity contribution is -0.0601. The van der Waals surface area contributed by atoms with E-state index >= 15 is 0 Å². The van der Waals surface area contributed by atoms with Gasteiger partial charge in [0.15, 0.2) is 6.29 Å². The fourth-order valence-corrected chi connectivity index (χ4v) is 5.68. The highest BCUT2D eigenvalue weighted by molar-refractivity contribution is 5.75. The van der Waals surface area contributed by atoms with Gasteiger partial charge in [0.2, 0.25) is 0 Å². The average Bonchev–Trinajstić information content (AvgIpc) is 3.47. The van der Waals surface area contributed by atoms with Crippen LogP contribution in [0.15, 0.2) is 91.0 Å². The fraction of sp³-hybridized carbons (Fsp3) is 0.387. The number of benzene rings is 3. The van der Waals surface area contributed by atoms with Gasteiger partial charge in [-0.05, 0) is 48.3 Å². The molecule has 194 valence electrons. The van der Waals surface area contributed by atoms with Gasteiger partial charge in [-0.25, -0.2) is 4.79 Å². The Labute approximate surface area is 219 Å². The Balaban J connectivity index is 1.33. The van der Waals surface area contributed by atoms with Gasteiger partial charge in [-0.3, -0.25) is 0 Å². The summed E-state index contributed by atoms with van der Waals surface area (Å²) >= 11 is 0. The first-order valence-corrected chi connectivity index (χ1v) is 13.3. The predicted molar refractivity (Wildman–Crippen MR) is 143 cm³/mol. The van der Waals surface area contributed by atoms with Crippen molar-refractivity contribution in [1.29, 1.82) is 0 Å². The van der Waals surface area contributed by atoms with Crippen molar-refractivity contribution >= 4 is 6.03 Å². The number of ether oxygens (including phenoxy) is 2. The van der Waals surface area contributed by atoms with Crippen LogP contribution in [0.3, 0.4) is 0 Å². The fourth-order valence-electron chi connectivity index (χ4n) is 5.68. The Morgan fingerprint density at radius 1 is 0.811 bits per heavy atom. The van der Waals surface area contributed by atoms with Crippen molar-refractivity contribution in [1.82, 2.24) is 10.6 Å². The third kappa shape index (κ3) is 6.04. The van der Waals surface area contributed by atoms with E-state index in [1.54, 1.807) is 0 Å². The van der Waals surface area contributed by atoms with Gasteiger partial charge >= 0.3 is 6.03 Å². The molecule has 3 N–H and O–H groups in total. The largest absolute Gasteiger partial charge is 0.378 e. The number of rotatable bonds is 8. The van der Waals surface area contributed by atoms with Crippen LogP contribution in [0.4, 0.5) is 4.79 Å². The van der Waals surface area contributed by atoms with E-state index in [0.717, 1.165) is 37.7 Å². The van der Waals surface area contributed by atoms with Crippen molar-refractivity contribution in [3.63, 3.8) is 0 Å². The number of amides is 2. The highest BCUT2D eigenvalue weighted by atomic mass is 16.7. The minimum absolute atomic E-state index is 0.0712. The Kier molecular flexibility index (Phi) is 8.19. The summed E-state index contributed by atoms with van der Waals surface area (Å²) in [5.74, 6) is 0.558. The van der Waals surface area contributed by atoms with E-state index in [2.05, 4.69) is 10.6 Å². The topological polar surface area (TPSA) is 79.8 Å². The predicted octanol–water partition coefficient (Wildman–Crippen LogP) is 5.28. The number of urea groups is 1. The molecule has 0 spiro atoms. The first-order chi connectivity index (χ1) is 18.1. The molecular formula is C31H36N2O4. The molecule has 1 atom stereocenters. The Morgan fingerprint density at radius 3 is 1.86 bits per heavy atom. The quantitative estimate of drug-likeness (QED) is 0.393. The zero-order chi connectivity index (χ0) is 25.5. The maximum absolute atomic E-state index is 13.4. The second-order valence-electron chi connectivity index (χ2n) is 10.1. The van der Waals surface area contributed by atoms with Crippen LogP contribution in [0.1, 0.15) is 54.8 Å². The van der Waals surface area contributed by atoms with E-state index in [1.807, 2.05) is 91.0 Å². The summed E-state index contributed by atoms with van der Waals surface area (Å²) in [6, 6.07) is 27.9. The Bertz CT molecular complexity index is 1070. The van der Waals surface area contributed by atoms with Crippen LogP contribution < -0.4 is 10.6 Å². The maximum Gasteiger partial charge on any atom is 0.315 e. The molecule has 1 saturated carbocycles. The molecule has 0 unspecified atom stereocenters. The molecule has 2 aliphatic rings. The van der Waals surface area contributed by atoms with E-state index in [9.17, 15) is 9.90 Å². The molecule has 2 fully saturated rings. The molecule has 3 aromatic carbocycles. The molecule has 0 radical (unpaired) electrons. The highest BCUT2D eigenvalue weighted by Gasteiger charge is 2.42. The molecule has 1 heterocycles. The normalized spacial score (nSPS) is 21.3. The van der Waals surface area contributed by atoms with Gasteiger partial charge < -0.3 is 25.2 Å². The molecule has 1 saturated heterocycles. The molecule has 0 bridgehead atoms. The van der Waals surface area contributed by atoms with Crippen molar-refractivity contribution < 1.29 is 19.4 Å². The molecule has 0 aromatic heterocycles. The van der Waals surface area contributed by atoms with Crippen molar-refractivity contribution in [3.05, 3.63) is 108 Å². The SMILES string of the molecule is O=C(N[C@@H](c1ccccc1)C(O)(c1ccccc1)c1ccccc1)N[C@H]1CC[C@H](CC2OCCO2)CC1.